The molecule has 21 heavy (non-hydrogen) atoms. The first-order valence-electron chi connectivity index (χ1n) is 6.60. The molecule has 2 atom stereocenters. The highest BCUT2D eigenvalue weighted by atomic mass is 79.9. The van der Waals surface area contributed by atoms with Crippen LogP contribution in [-0.4, -0.2) is 23.7 Å². The minimum Gasteiger partial charge on any atom is -0.393 e. The van der Waals surface area contributed by atoms with E-state index >= 15 is 0 Å². The zero-order valence-corrected chi connectivity index (χ0v) is 12.7. The van der Waals surface area contributed by atoms with E-state index in [1.165, 1.54) is 6.07 Å². The summed E-state index contributed by atoms with van der Waals surface area (Å²) in [6.07, 6.45) is -2.93. The third-order valence-corrected chi connectivity index (χ3v) is 4.09. The fourth-order valence-corrected chi connectivity index (χ4v) is 2.88. The molecule has 116 valence electrons. The van der Waals surface area contributed by atoms with Gasteiger partial charge >= 0.3 is 6.18 Å². The Bertz CT molecular complexity index is 533. The van der Waals surface area contributed by atoms with Gasteiger partial charge in [-0.2, -0.15) is 13.2 Å². The van der Waals surface area contributed by atoms with Crippen molar-refractivity contribution in [1.82, 2.24) is 5.32 Å². The predicted molar refractivity (Wildman–Crippen MR) is 74.8 cm³/mol. The maximum Gasteiger partial charge on any atom is 0.417 e. The average Bonchev–Trinajstić information content (AvgIpc) is 2.81. The van der Waals surface area contributed by atoms with Crippen molar-refractivity contribution in [3.63, 3.8) is 0 Å². The number of amides is 1. The number of rotatable bonds is 3. The van der Waals surface area contributed by atoms with E-state index in [0.29, 0.717) is 12.8 Å². The summed E-state index contributed by atoms with van der Waals surface area (Å²) >= 11 is 2.98. The van der Waals surface area contributed by atoms with Gasteiger partial charge in [0, 0.05) is 11.0 Å². The van der Waals surface area contributed by atoms with Crippen LogP contribution in [0, 0.1) is 5.92 Å². The first-order chi connectivity index (χ1) is 9.77. The molecular formula is C14H15BrF3NO2. The molecule has 1 aliphatic carbocycles. The van der Waals surface area contributed by atoms with Crippen molar-refractivity contribution in [2.75, 3.05) is 6.54 Å². The quantitative estimate of drug-likeness (QED) is 0.862. The largest absolute Gasteiger partial charge is 0.417 e. The first-order valence-corrected chi connectivity index (χ1v) is 7.39. The average molecular weight is 366 g/mol. The van der Waals surface area contributed by atoms with Crippen LogP contribution in [0.2, 0.25) is 0 Å². The maximum atomic E-state index is 12.9. The minimum absolute atomic E-state index is 0.119. The van der Waals surface area contributed by atoms with Crippen molar-refractivity contribution in [2.45, 2.75) is 31.5 Å². The second-order valence-corrected chi connectivity index (χ2v) is 6.15. The molecule has 7 heteroatoms. The Labute approximate surface area is 128 Å². The van der Waals surface area contributed by atoms with E-state index in [1.54, 1.807) is 0 Å². The SMILES string of the molecule is O=C(NCC1CCC(O)C1)c1ccc(Br)cc1C(F)(F)F. The van der Waals surface area contributed by atoms with Gasteiger partial charge in [-0.1, -0.05) is 15.9 Å². The molecule has 0 spiro atoms. The normalized spacial score (nSPS) is 22.3. The zero-order valence-electron chi connectivity index (χ0n) is 11.1. The lowest BCUT2D eigenvalue weighted by Crippen LogP contribution is -2.30. The van der Waals surface area contributed by atoms with Crippen molar-refractivity contribution in [2.24, 2.45) is 5.92 Å². The number of carbonyl (C=O) groups is 1. The standard InChI is InChI=1S/C14H15BrF3NO2/c15-9-2-4-11(12(6-9)14(16,17)18)13(21)19-7-8-1-3-10(20)5-8/h2,4,6,8,10,20H,1,3,5,7H2,(H,19,21). The highest BCUT2D eigenvalue weighted by Crippen LogP contribution is 2.34. The predicted octanol–water partition coefficient (Wildman–Crippen LogP) is 3.36. The molecule has 1 amide bonds. The number of aliphatic hydroxyl groups excluding tert-OH is 1. The fourth-order valence-electron chi connectivity index (χ4n) is 2.52. The van der Waals surface area contributed by atoms with Crippen LogP contribution < -0.4 is 5.32 Å². The molecule has 0 radical (unpaired) electrons. The van der Waals surface area contributed by atoms with Crippen molar-refractivity contribution < 1.29 is 23.1 Å². The minimum atomic E-state index is -4.58. The van der Waals surface area contributed by atoms with E-state index in [1.807, 2.05) is 0 Å². The van der Waals surface area contributed by atoms with E-state index in [9.17, 15) is 23.1 Å². The number of benzene rings is 1. The number of hydrogen-bond donors (Lipinski definition) is 2. The van der Waals surface area contributed by atoms with Gasteiger partial charge in [0.25, 0.3) is 5.91 Å². The van der Waals surface area contributed by atoms with Crippen LogP contribution in [0.4, 0.5) is 13.2 Å². The third-order valence-electron chi connectivity index (χ3n) is 3.60. The molecule has 0 saturated heterocycles. The smallest absolute Gasteiger partial charge is 0.393 e. The molecule has 2 rings (SSSR count). The van der Waals surface area contributed by atoms with E-state index in [-0.39, 0.29) is 28.6 Å². The lowest BCUT2D eigenvalue weighted by molar-refractivity contribution is -0.138. The van der Waals surface area contributed by atoms with Gasteiger partial charge in [-0.25, -0.2) is 0 Å². The summed E-state index contributed by atoms with van der Waals surface area (Å²) in [5.74, 6) is -0.620. The maximum absolute atomic E-state index is 12.9. The number of carbonyl (C=O) groups excluding carboxylic acids is 1. The monoisotopic (exact) mass is 365 g/mol. The zero-order chi connectivity index (χ0) is 15.6. The molecule has 0 aromatic heterocycles. The molecule has 1 aromatic carbocycles. The summed E-state index contributed by atoms with van der Waals surface area (Å²) in [4.78, 5) is 12.0. The van der Waals surface area contributed by atoms with Gasteiger partial charge < -0.3 is 10.4 Å². The molecule has 0 heterocycles. The number of halogens is 4. The Morgan fingerprint density at radius 2 is 2.10 bits per heavy atom. The number of alkyl halides is 3. The molecule has 3 nitrogen and oxygen atoms in total. The Morgan fingerprint density at radius 1 is 1.38 bits per heavy atom. The summed E-state index contributed by atoms with van der Waals surface area (Å²) in [7, 11) is 0. The summed E-state index contributed by atoms with van der Waals surface area (Å²) in [5, 5.41) is 11.9. The molecule has 0 aliphatic heterocycles. The van der Waals surface area contributed by atoms with Gasteiger partial charge in [0.1, 0.15) is 0 Å². The number of hydrogen-bond acceptors (Lipinski definition) is 2. The van der Waals surface area contributed by atoms with E-state index < -0.39 is 17.6 Å². The van der Waals surface area contributed by atoms with Gasteiger partial charge in [0.05, 0.1) is 17.2 Å². The Balaban J connectivity index is 2.08. The second kappa shape index (κ2) is 6.36. The Kier molecular flexibility index (Phi) is 4.93. The molecule has 1 fully saturated rings. The van der Waals surface area contributed by atoms with Gasteiger partial charge in [0.2, 0.25) is 0 Å². The molecule has 0 bridgehead atoms. The molecule has 1 aromatic rings. The van der Waals surface area contributed by atoms with E-state index in [4.69, 9.17) is 0 Å². The third kappa shape index (κ3) is 4.20. The number of nitrogens with one attached hydrogen (secondary N) is 1. The van der Waals surface area contributed by atoms with Crippen molar-refractivity contribution >= 4 is 21.8 Å². The van der Waals surface area contributed by atoms with Gasteiger partial charge in [-0.05, 0) is 43.4 Å². The fraction of sp³-hybridized carbons (Fsp3) is 0.500. The van der Waals surface area contributed by atoms with Crippen LogP contribution in [0.3, 0.4) is 0 Å². The van der Waals surface area contributed by atoms with Gasteiger partial charge in [-0.3, -0.25) is 4.79 Å². The van der Waals surface area contributed by atoms with Crippen LogP contribution in [0.25, 0.3) is 0 Å². The highest BCUT2D eigenvalue weighted by molar-refractivity contribution is 9.10. The van der Waals surface area contributed by atoms with Crippen molar-refractivity contribution in [3.05, 3.63) is 33.8 Å². The van der Waals surface area contributed by atoms with Crippen LogP contribution in [0.1, 0.15) is 35.2 Å². The summed E-state index contributed by atoms with van der Waals surface area (Å²) in [6.45, 7) is 0.281. The second-order valence-electron chi connectivity index (χ2n) is 5.23. The Hall–Kier alpha value is -1.08. The van der Waals surface area contributed by atoms with E-state index in [0.717, 1.165) is 18.6 Å². The summed E-state index contributed by atoms with van der Waals surface area (Å²) in [5.41, 5.74) is -1.34. The van der Waals surface area contributed by atoms with Crippen LogP contribution in [0.5, 0.6) is 0 Å². The molecule has 2 N–H and O–H groups in total. The lowest BCUT2D eigenvalue weighted by Gasteiger charge is -2.15. The lowest BCUT2D eigenvalue weighted by atomic mass is 10.1. The number of aliphatic hydroxyl groups is 1. The highest BCUT2D eigenvalue weighted by Gasteiger charge is 2.35. The Morgan fingerprint density at radius 3 is 2.67 bits per heavy atom. The van der Waals surface area contributed by atoms with Crippen LogP contribution >= 0.6 is 15.9 Å². The topological polar surface area (TPSA) is 49.3 Å². The first kappa shape index (κ1) is 16.3. The van der Waals surface area contributed by atoms with Crippen LogP contribution in [0.15, 0.2) is 22.7 Å². The summed E-state index contributed by atoms with van der Waals surface area (Å²) < 4.78 is 39.1. The molecule has 1 aliphatic rings. The molecule has 1 saturated carbocycles. The van der Waals surface area contributed by atoms with Crippen molar-refractivity contribution in [1.29, 1.82) is 0 Å². The van der Waals surface area contributed by atoms with Crippen LogP contribution in [-0.2, 0) is 6.18 Å². The van der Waals surface area contributed by atoms with Gasteiger partial charge in [0.15, 0.2) is 0 Å². The molecule has 2 unspecified atom stereocenters. The molecular weight excluding hydrogens is 351 g/mol. The summed E-state index contributed by atoms with van der Waals surface area (Å²) in [6, 6.07) is 3.46. The van der Waals surface area contributed by atoms with Crippen molar-refractivity contribution in [3.8, 4) is 0 Å². The van der Waals surface area contributed by atoms with E-state index in [2.05, 4.69) is 21.2 Å². The van der Waals surface area contributed by atoms with Gasteiger partial charge in [-0.15, -0.1) is 0 Å².